The summed E-state index contributed by atoms with van der Waals surface area (Å²) in [7, 11) is 0. The van der Waals surface area contributed by atoms with E-state index in [9.17, 15) is 9.59 Å². The van der Waals surface area contributed by atoms with E-state index >= 15 is 0 Å². The van der Waals surface area contributed by atoms with Gasteiger partial charge in [-0.2, -0.15) is 0 Å². The second-order valence-corrected chi connectivity index (χ2v) is 7.59. The molecule has 1 aromatic carbocycles. The molecule has 26 heavy (non-hydrogen) atoms. The smallest absolute Gasteiger partial charge is 0.306 e. The van der Waals surface area contributed by atoms with Crippen LogP contribution < -0.4 is 0 Å². The second kappa shape index (κ2) is 7.55. The number of nitrogens with zero attached hydrogens (tertiary/aromatic N) is 2. The number of carboxylic acids is 1. The zero-order chi connectivity index (χ0) is 18.8. The number of thiazole rings is 1. The van der Waals surface area contributed by atoms with Crippen LogP contribution in [0.15, 0.2) is 18.2 Å². The van der Waals surface area contributed by atoms with Gasteiger partial charge in [0, 0.05) is 18.7 Å². The van der Waals surface area contributed by atoms with E-state index < -0.39 is 12.1 Å². The molecular formula is C19H22N2O4S. The monoisotopic (exact) mass is 374 g/mol. The van der Waals surface area contributed by atoms with Crippen LogP contribution in [0.3, 0.4) is 0 Å². The van der Waals surface area contributed by atoms with Crippen molar-refractivity contribution in [2.75, 3.05) is 19.7 Å². The van der Waals surface area contributed by atoms with E-state index in [-0.39, 0.29) is 12.3 Å². The molecule has 0 aliphatic carbocycles. The van der Waals surface area contributed by atoms with Gasteiger partial charge in [-0.15, -0.1) is 11.3 Å². The predicted octanol–water partition coefficient (Wildman–Crippen LogP) is 3.05. The van der Waals surface area contributed by atoms with Crippen LogP contribution in [0.2, 0.25) is 0 Å². The molecule has 1 aliphatic rings. The molecule has 0 saturated carbocycles. The molecule has 1 N–H and O–H groups in total. The van der Waals surface area contributed by atoms with Crippen molar-refractivity contribution < 1.29 is 19.4 Å². The van der Waals surface area contributed by atoms with E-state index in [0.29, 0.717) is 30.3 Å². The first-order valence-corrected chi connectivity index (χ1v) is 9.34. The highest BCUT2D eigenvalue weighted by molar-refractivity contribution is 7.17. The minimum absolute atomic E-state index is 0.0980. The van der Waals surface area contributed by atoms with Gasteiger partial charge >= 0.3 is 5.97 Å². The van der Waals surface area contributed by atoms with Crippen molar-refractivity contribution in [3.05, 3.63) is 39.9 Å². The zero-order valence-corrected chi connectivity index (χ0v) is 15.9. The second-order valence-electron chi connectivity index (χ2n) is 6.59. The number of rotatable bonds is 4. The summed E-state index contributed by atoms with van der Waals surface area (Å²) in [6.45, 7) is 7.04. The number of morpholine rings is 1. The van der Waals surface area contributed by atoms with Crippen molar-refractivity contribution in [3.8, 4) is 10.6 Å². The summed E-state index contributed by atoms with van der Waals surface area (Å²) in [5, 5.41) is 9.77. The summed E-state index contributed by atoms with van der Waals surface area (Å²) in [5.74, 6) is -1.02. The van der Waals surface area contributed by atoms with Crippen LogP contribution in [0, 0.1) is 20.8 Å². The molecule has 6 nitrogen and oxygen atoms in total. The van der Waals surface area contributed by atoms with Crippen molar-refractivity contribution in [1.82, 2.24) is 9.88 Å². The lowest BCUT2D eigenvalue weighted by Crippen LogP contribution is -2.46. The topological polar surface area (TPSA) is 79.7 Å². The largest absolute Gasteiger partial charge is 0.481 e. The van der Waals surface area contributed by atoms with Crippen molar-refractivity contribution in [3.63, 3.8) is 0 Å². The van der Waals surface area contributed by atoms with Crippen molar-refractivity contribution in [2.45, 2.75) is 33.3 Å². The van der Waals surface area contributed by atoms with Crippen LogP contribution in [0.25, 0.3) is 10.6 Å². The molecule has 0 radical (unpaired) electrons. The Morgan fingerprint density at radius 2 is 2.12 bits per heavy atom. The molecule has 1 saturated heterocycles. The van der Waals surface area contributed by atoms with Gasteiger partial charge in [-0.3, -0.25) is 9.59 Å². The highest BCUT2D eigenvalue weighted by Crippen LogP contribution is 2.31. The minimum atomic E-state index is -0.921. The van der Waals surface area contributed by atoms with Crippen molar-refractivity contribution in [2.24, 2.45) is 0 Å². The van der Waals surface area contributed by atoms with E-state index in [1.807, 2.05) is 32.9 Å². The molecule has 1 atom stereocenters. The Morgan fingerprint density at radius 1 is 1.35 bits per heavy atom. The molecule has 1 fully saturated rings. The van der Waals surface area contributed by atoms with Gasteiger partial charge in [0.15, 0.2) is 0 Å². The number of hydrogen-bond donors (Lipinski definition) is 1. The first-order chi connectivity index (χ1) is 12.3. The maximum absolute atomic E-state index is 12.9. The van der Waals surface area contributed by atoms with Crippen molar-refractivity contribution in [1.29, 1.82) is 0 Å². The standard InChI is InChI=1S/C19H22N2O4S/c1-11-4-5-15(12(2)8-11)18-20-13(3)17(26-18)19(24)21-6-7-25-14(10-21)9-16(22)23/h4-5,8,14H,6-7,9-10H2,1-3H3,(H,22,23)/t14-/m0/s1. The SMILES string of the molecule is Cc1ccc(-c2nc(C)c(C(=O)N3CCO[C@@H](CC(=O)O)C3)s2)c(C)c1. The summed E-state index contributed by atoms with van der Waals surface area (Å²) >= 11 is 1.39. The molecule has 1 aliphatic heterocycles. The third-order valence-electron chi connectivity index (χ3n) is 4.43. The Balaban J connectivity index is 1.82. The lowest BCUT2D eigenvalue weighted by Gasteiger charge is -2.32. The highest BCUT2D eigenvalue weighted by Gasteiger charge is 2.29. The number of carbonyl (C=O) groups is 2. The minimum Gasteiger partial charge on any atom is -0.481 e. The molecule has 2 aromatic rings. The summed E-state index contributed by atoms with van der Waals surface area (Å²) in [6.07, 6.45) is -0.559. The normalized spacial score (nSPS) is 17.3. The van der Waals surface area contributed by atoms with Crippen LogP contribution in [0.4, 0.5) is 0 Å². The van der Waals surface area contributed by atoms with Gasteiger partial charge in [-0.1, -0.05) is 23.8 Å². The van der Waals surface area contributed by atoms with Crippen LogP contribution in [0.5, 0.6) is 0 Å². The summed E-state index contributed by atoms with van der Waals surface area (Å²) in [4.78, 5) is 30.7. The van der Waals surface area contributed by atoms with E-state index in [1.165, 1.54) is 16.9 Å². The summed E-state index contributed by atoms with van der Waals surface area (Å²) < 4.78 is 5.45. The van der Waals surface area contributed by atoms with Gasteiger partial charge in [-0.25, -0.2) is 4.98 Å². The van der Waals surface area contributed by atoms with Gasteiger partial charge in [0.25, 0.3) is 5.91 Å². The Bertz CT molecular complexity index is 846. The predicted molar refractivity (Wildman–Crippen MR) is 99.7 cm³/mol. The fourth-order valence-corrected chi connectivity index (χ4v) is 4.25. The Kier molecular flexibility index (Phi) is 5.38. The summed E-state index contributed by atoms with van der Waals surface area (Å²) in [6, 6.07) is 6.18. The lowest BCUT2D eigenvalue weighted by atomic mass is 10.1. The Morgan fingerprint density at radius 3 is 2.81 bits per heavy atom. The quantitative estimate of drug-likeness (QED) is 0.890. The number of aromatic nitrogens is 1. The number of benzene rings is 1. The maximum atomic E-state index is 12.9. The van der Waals surface area contributed by atoms with E-state index in [1.54, 1.807) is 4.90 Å². The van der Waals surface area contributed by atoms with E-state index in [2.05, 4.69) is 11.1 Å². The van der Waals surface area contributed by atoms with E-state index in [0.717, 1.165) is 16.1 Å². The third-order valence-corrected chi connectivity index (χ3v) is 5.61. The fraction of sp³-hybridized carbons (Fsp3) is 0.421. The van der Waals surface area contributed by atoms with Gasteiger partial charge in [0.1, 0.15) is 9.88 Å². The summed E-state index contributed by atoms with van der Waals surface area (Å²) in [5.41, 5.74) is 4.06. The molecule has 2 heterocycles. The number of aliphatic carboxylic acids is 1. The van der Waals surface area contributed by atoms with Crippen molar-refractivity contribution >= 4 is 23.2 Å². The molecule has 3 rings (SSSR count). The van der Waals surface area contributed by atoms with Crippen LogP contribution in [-0.2, 0) is 9.53 Å². The van der Waals surface area contributed by atoms with Gasteiger partial charge in [-0.05, 0) is 26.3 Å². The number of aryl methyl sites for hydroxylation is 3. The third kappa shape index (κ3) is 3.94. The fourth-order valence-electron chi connectivity index (χ4n) is 3.13. The first-order valence-electron chi connectivity index (χ1n) is 8.53. The Labute approximate surface area is 156 Å². The number of ether oxygens (including phenoxy) is 1. The van der Waals surface area contributed by atoms with E-state index in [4.69, 9.17) is 9.84 Å². The molecular weight excluding hydrogens is 352 g/mol. The van der Waals surface area contributed by atoms with Gasteiger partial charge in [0.2, 0.25) is 0 Å². The van der Waals surface area contributed by atoms with Crippen LogP contribution >= 0.6 is 11.3 Å². The average Bonchev–Trinajstić information content (AvgIpc) is 2.95. The molecule has 1 amide bonds. The van der Waals surface area contributed by atoms with Gasteiger partial charge < -0.3 is 14.7 Å². The number of amides is 1. The molecule has 0 spiro atoms. The molecule has 1 aromatic heterocycles. The average molecular weight is 374 g/mol. The maximum Gasteiger partial charge on any atom is 0.306 e. The lowest BCUT2D eigenvalue weighted by molar-refractivity contribution is -0.141. The number of carbonyl (C=O) groups excluding carboxylic acids is 1. The molecule has 138 valence electrons. The van der Waals surface area contributed by atoms with Crippen LogP contribution in [0.1, 0.15) is 32.9 Å². The highest BCUT2D eigenvalue weighted by atomic mass is 32.1. The van der Waals surface area contributed by atoms with Gasteiger partial charge in [0.05, 0.1) is 24.8 Å². The molecule has 0 bridgehead atoms. The van der Waals surface area contributed by atoms with Crippen LogP contribution in [-0.4, -0.2) is 52.7 Å². The molecule has 0 unspecified atom stereocenters. The number of hydrogen-bond acceptors (Lipinski definition) is 5. The molecule has 7 heteroatoms. The first kappa shape index (κ1) is 18.5. The number of carboxylic acid groups (broad SMARTS) is 1. The zero-order valence-electron chi connectivity index (χ0n) is 15.1. The Hall–Kier alpha value is -2.25.